The Balaban J connectivity index is 1.87. The van der Waals surface area contributed by atoms with Crippen molar-refractivity contribution in [2.75, 3.05) is 26.0 Å². The van der Waals surface area contributed by atoms with Crippen LogP contribution in [0, 0.1) is 5.82 Å². The maximum atomic E-state index is 14.1. The molecule has 0 aromatic heterocycles. The van der Waals surface area contributed by atoms with Crippen LogP contribution in [0.25, 0.3) is 0 Å². The van der Waals surface area contributed by atoms with Gasteiger partial charge in [-0.05, 0) is 24.6 Å². The molecule has 3 rings (SSSR count). The van der Waals surface area contributed by atoms with E-state index in [2.05, 4.69) is 0 Å². The van der Waals surface area contributed by atoms with Crippen molar-refractivity contribution in [2.24, 2.45) is 0 Å². The zero-order chi connectivity index (χ0) is 18.7. The van der Waals surface area contributed by atoms with Crippen molar-refractivity contribution in [3.05, 3.63) is 65.5 Å². The second-order valence-electron chi connectivity index (χ2n) is 6.16. The standard InChI is InChI=1S/C19H20FNO4S/c1-25-17-9-5-3-7-15(17)19(22)21-11-10-18(26(23,24)13-12-21)14-6-2-4-8-16(14)20/h2-9,18H,10-13H2,1H3/t18-/m1/s1. The Morgan fingerprint density at radius 1 is 1.12 bits per heavy atom. The number of hydrogen-bond donors (Lipinski definition) is 0. The van der Waals surface area contributed by atoms with Crippen LogP contribution in [0.15, 0.2) is 48.5 Å². The quantitative estimate of drug-likeness (QED) is 0.825. The van der Waals surface area contributed by atoms with Crippen molar-refractivity contribution < 1.29 is 22.3 Å². The summed E-state index contributed by atoms with van der Waals surface area (Å²) in [6, 6.07) is 12.7. The first-order valence-corrected chi connectivity index (χ1v) is 10.0. The minimum absolute atomic E-state index is 0.0736. The molecule has 26 heavy (non-hydrogen) atoms. The normalized spacial score (nSPS) is 19.6. The molecule has 0 aliphatic carbocycles. The second kappa shape index (κ2) is 7.45. The number of hydrogen-bond acceptors (Lipinski definition) is 4. The molecule has 0 spiro atoms. The lowest BCUT2D eigenvalue weighted by Gasteiger charge is -2.21. The van der Waals surface area contributed by atoms with Gasteiger partial charge in [0, 0.05) is 18.7 Å². The van der Waals surface area contributed by atoms with Gasteiger partial charge >= 0.3 is 0 Å². The van der Waals surface area contributed by atoms with Gasteiger partial charge < -0.3 is 9.64 Å². The summed E-state index contributed by atoms with van der Waals surface area (Å²) in [5.74, 6) is -0.583. The number of methoxy groups -OCH3 is 1. The van der Waals surface area contributed by atoms with Gasteiger partial charge in [0.15, 0.2) is 9.84 Å². The Morgan fingerprint density at radius 3 is 2.54 bits per heavy atom. The van der Waals surface area contributed by atoms with Crippen LogP contribution in [0.1, 0.15) is 27.6 Å². The number of benzene rings is 2. The first-order valence-electron chi connectivity index (χ1n) is 8.32. The Morgan fingerprint density at radius 2 is 1.81 bits per heavy atom. The van der Waals surface area contributed by atoms with Crippen LogP contribution in [-0.2, 0) is 9.84 Å². The number of para-hydroxylation sites is 1. The lowest BCUT2D eigenvalue weighted by molar-refractivity contribution is 0.0763. The van der Waals surface area contributed by atoms with Crippen molar-refractivity contribution in [1.29, 1.82) is 0 Å². The molecule has 5 nitrogen and oxygen atoms in total. The highest BCUT2D eigenvalue weighted by Crippen LogP contribution is 2.32. The Kier molecular flexibility index (Phi) is 5.27. The highest BCUT2D eigenvalue weighted by Gasteiger charge is 2.34. The van der Waals surface area contributed by atoms with E-state index < -0.39 is 20.9 Å². The SMILES string of the molecule is COc1ccccc1C(=O)N1CC[C@H](c2ccccc2F)S(=O)(=O)CC1. The molecule has 0 radical (unpaired) electrons. The summed E-state index contributed by atoms with van der Waals surface area (Å²) >= 11 is 0. The fourth-order valence-corrected chi connectivity index (χ4v) is 5.03. The van der Waals surface area contributed by atoms with Gasteiger partial charge in [-0.3, -0.25) is 4.79 Å². The molecule has 138 valence electrons. The predicted molar refractivity (Wildman–Crippen MR) is 96.4 cm³/mol. The highest BCUT2D eigenvalue weighted by molar-refractivity contribution is 7.91. The highest BCUT2D eigenvalue weighted by atomic mass is 32.2. The van der Waals surface area contributed by atoms with Gasteiger partial charge in [0.25, 0.3) is 5.91 Å². The summed E-state index contributed by atoms with van der Waals surface area (Å²) in [6.45, 7) is 0.305. The largest absolute Gasteiger partial charge is 0.496 e. The van der Waals surface area contributed by atoms with E-state index in [0.717, 1.165) is 0 Å². The molecule has 0 N–H and O–H groups in total. The molecule has 0 saturated carbocycles. The number of nitrogens with zero attached hydrogens (tertiary/aromatic N) is 1. The monoisotopic (exact) mass is 377 g/mol. The van der Waals surface area contributed by atoms with E-state index in [1.165, 1.54) is 30.2 Å². The number of halogens is 1. The van der Waals surface area contributed by atoms with Gasteiger partial charge in [-0.15, -0.1) is 0 Å². The summed E-state index contributed by atoms with van der Waals surface area (Å²) in [5, 5.41) is -0.945. The van der Waals surface area contributed by atoms with Gasteiger partial charge in [0.2, 0.25) is 0 Å². The molecule has 1 heterocycles. The lowest BCUT2D eigenvalue weighted by atomic mass is 10.1. The first-order chi connectivity index (χ1) is 12.4. The molecule has 0 bridgehead atoms. The zero-order valence-corrected chi connectivity index (χ0v) is 15.2. The van der Waals surface area contributed by atoms with Crippen molar-refractivity contribution in [3.63, 3.8) is 0 Å². The van der Waals surface area contributed by atoms with Crippen LogP contribution in [0.5, 0.6) is 5.75 Å². The van der Waals surface area contributed by atoms with Crippen LogP contribution in [0.2, 0.25) is 0 Å². The van der Waals surface area contributed by atoms with Crippen LogP contribution in [0.4, 0.5) is 4.39 Å². The summed E-state index contributed by atoms with van der Waals surface area (Å²) in [5.41, 5.74) is 0.552. The molecule has 2 aromatic carbocycles. The fourth-order valence-electron chi connectivity index (χ4n) is 3.22. The first kappa shape index (κ1) is 18.4. The van der Waals surface area contributed by atoms with Gasteiger partial charge in [-0.25, -0.2) is 12.8 Å². The maximum Gasteiger partial charge on any atom is 0.257 e. The Labute approximate surface area is 152 Å². The average molecular weight is 377 g/mol. The molecular formula is C19H20FNO4S. The zero-order valence-electron chi connectivity index (χ0n) is 14.4. The number of carbonyl (C=O) groups is 1. The summed E-state index contributed by atoms with van der Waals surface area (Å²) in [6.07, 6.45) is 0.157. The minimum atomic E-state index is -3.57. The number of rotatable bonds is 3. The topological polar surface area (TPSA) is 63.7 Å². The van der Waals surface area contributed by atoms with E-state index in [9.17, 15) is 17.6 Å². The molecule has 1 fully saturated rings. The Hall–Kier alpha value is -2.41. The summed E-state index contributed by atoms with van der Waals surface area (Å²) in [7, 11) is -2.09. The molecule has 2 aromatic rings. The second-order valence-corrected chi connectivity index (χ2v) is 8.46. The smallest absolute Gasteiger partial charge is 0.257 e. The third-order valence-electron chi connectivity index (χ3n) is 4.62. The van der Waals surface area contributed by atoms with Gasteiger partial charge in [-0.1, -0.05) is 30.3 Å². The number of carbonyl (C=O) groups excluding carboxylic acids is 1. The number of amides is 1. The van der Waals surface area contributed by atoms with Crippen molar-refractivity contribution in [2.45, 2.75) is 11.7 Å². The van der Waals surface area contributed by atoms with Crippen LogP contribution in [0.3, 0.4) is 0 Å². The van der Waals surface area contributed by atoms with E-state index >= 15 is 0 Å². The summed E-state index contributed by atoms with van der Waals surface area (Å²) < 4.78 is 44.6. The van der Waals surface area contributed by atoms with Crippen molar-refractivity contribution in [1.82, 2.24) is 4.90 Å². The van der Waals surface area contributed by atoms with Crippen LogP contribution < -0.4 is 4.74 Å². The number of sulfone groups is 1. The Bertz CT molecular complexity index is 913. The van der Waals surface area contributed by atoms with E-state index in [0.29, 0.717) is 11.3 Å². The minimum Gasteiger partial charge on any atom is -0.496 e. The molecule has 1 amide bonds. The van der Waals surface area contributed by atoms with Gasteiger partial charge in [-0.2, -0.15) is 0 Å². The van der Waals surface area contributed by atoms with E-state index in [1.54, 1.807) is 30.3 Å². The molecule has 1 atom stereocenters. The predicted octanol–water partition coefficient (Wildman–Crippen LogP) is 2.84. The van der Waals surface area contributed by atoms with E-state index in [4.69, 9.17) is 4.74 Å². The molecule has 1 aliphatic heterocycles. The molecule has 1 saturated heterocycles. The van der Waals surface area contributed by atoms with Gasteiger partial charge in [0.05, 0.1) is 23.7 Å². The summed E-state index contributed by atoms with van der Waals surface area (Å²) in [4.78, 5) is 14.3. The molecule has 0 unspecified atom stereocenters. The maximum absolute atomic E-state index is 14.1. The number of ether oxygens (including phenoxy) is 1. The fraction of sp³-hybridized carbons (Fsp3) is 0.316. The van der Waals surface area contributed by atoms with Crippen LogP contribution >= 0.6 is 0 Å². The third kappa shape index (κ3) is 3.58. The molecular weight excluding hydrogens is 357 g/mol. The van der Waals surface area contributed by atoms with Crippen molar-refractivity contribution in [3.8, 4) is 5.75 Å². The average Bonchev–Trinajstić information content (AvgIpc) is 2.80. The third-order valence-corrected chi connectivity index (χ3v) is 6.73. The lowest BCUT2D eigenvalue weighted by Crippen LogP contribution is -2.33. The van der Waals surface area contributed by atoms with Gasteiger partial charge in [0.1, 0.15) is 11.6 Å². The van der Waals surface area contributed by atoms with Crippen LogP contribution in [-0.4, -0.2) is 45.2 Å². The van der Waals surface area contributed by atoms with E-state index in [1.807, 2.05) is 0 Å². The van der Waals surface area contributed by atoms with Crippen molar-refractivity contribution >= 4 is 15.7 Å². The molecule has 7 heteroatoms. The van der Waals surface area contributed by atoms with E-state index in [-0.39, 0.29) is 36.7 Å². The molecule has 1 aliphatic rings.